The Kier molecular flexibility index (Phi) is 3.92. The zero-order valence-corrected chi connectivity index (χ0v) is 13.3. The maximum Gasteiger partial charge on any atom is 0.343 e. The van der Waals surface area contributed by atoms with Crippen LogP contribution in [0.25, 0.3) is 11.0 Å². The lowest BCUT2D eigenvalue weighted by Gasteiger charge is -2.10. The molecule has 0 radical (unpaired) electrons. The van der Waals surface area contributed by atoms with Crippen LogP contribution in [-0.4, -0.2) is 5.97 Å². The van der Waals surface area contributed by atoms with Crippen LogP contribution in [0.4, 0.5) is 0 Å². The Balaban J connectivity index is 2.00. The standard InChI is InChI=1S/C18H13ClO4/c1-10-9-16(20)23-17-11(2)15(8-7-14(10)17)22-18(21)12-3-5-13(19)6-4-12/h3-9H,1-2H3. The number of hydrogen-bond donors (Lipinski definition) is 0. The Bertz CT molecular complexity index is 955. The maximum atomic E-state index is 12.2. The lowest BCUT2D eigenvalue weighted by atomic mass is 10.1. The summed E-state index contributed by atoms with van der Waals surface area (Å²) in [5.74, 6) is -0.148. The van der Waals surface area contributed by atoms with Gasteiger partial charge in [-0.2, -0.15) is 0 Å². The molecule has 0 aliphatic carbocycles. The number of rotatable bonds is 2. The van der Waals surface area contributed by atoms with E-state index >= 15 is 0 Å². The van der Waals surface area contributed by atoms with Crippen LogP contribution in [-0.2, 0) is 0 Å². The number of esters is 1. The van der Waals surface area contributed by atoms with E-state index in [1.54, 1.807) is 43.3 Å². The SMILES string of the molecule is Cc1cc(=O)oc2c(C)c(OC(=O)c3ccc(Cl)cc3)ccc12. The van der Waals surface area contributed by atoms with Crippen LogP contribution in [0.5, 0.6) is 5.75 Å². The Morgan fingerprint density at radius 2 is 1.78 bits per heavy atom. The molecule has 0 saturated carbocycles. The molecule has 3 aromatic rings. The van der Waals surface area contributed by atoms with Crippen molar-refractivity contribution < 1.29 is 13.9 Å². The summed E-state index contributed by atoms with van der Waals surface area (Å²) in [6, 6.07) is 11.3. The molecular formula is C18H13ClO4. The molecule has 0 amide bonds. The molecule has 1 aromatic heterocycles. The number of halogens is 1. The third-order valence-electron chi connectivity index (χ3n) is 3.60. The van der Waals surface area contributed by atoms with E-state index in [1.807, 2.05) is 6.92 Å². The molecule has 116 valence electrons. The van der Waals surface area contributed by atoms with Gasteiger partial charge in [0.15, 0.2) is 0 Å². The van der Waals surface area contributed by atoms with Gasteiger partial charge in [0.05, 0.1) is 5.56 Å². The van der Waals surface area contributed by atoms with Crippen molar-refractivity contribution >= 4 is 28.5 Å². The number of hydrogen-bond acceptors (Lipinski definition) is 4. The Hall–Kier alpha value is -2.59. The predicted molar refractivity (Wildman–Crippen MR) is 88.4 cm³/mol. The largest absolute Gasteiger partial charge is 0.423 e. The number of ether oxygens (including phenoxy) is 1. The van der Waals surface area contributed by atoms with Gasteiger partial charge in [-0.05, 0) is 55.8 Å². The molecule has 0 bridgehead atoms. The first-order chi connectivity index (χ1) is 11.0. The number of aryl methyl sites for hydroxylation is 2. The van der Waals surface area contributed by atoms with Crippen LogP contribution in [0.15, 0.2) is 51.7 Å². The highest BCUT2D eigenvalue weighted by atomic mass is 35.5. The minimum Gasteiger partial charge on any atom is -0.423 e. The molecular weight excluding hydrogens is 316 g/mol. The molecule has 0 spiro atoms. The summed E-state index contributed by atoms with van der Waals surface area (Å²) in [6.07, 6.45) is 0. The fourth-order valence-corrected chi connectivity index (χ4v) is 2.48. The number of fused-ring (bicyclic) bond motifs is 1. The zero-order valence-electron chi connectivity index (χ0n) is 12.6. The minimum absolute atomic E-state index is 0.353. The molecule has 0 atom stereocenters. The molecule has 1 heterocycles. The fourth-order valence-electron chi connectivity index (χ4n) is 2.36. The van der Waals surface area contributed by atoms with Gasteiger partial charge < -0.3 is 9.15 Å². The van der Waals surface area contributed by atoms with Gasteiger partial charge in [-0.25, -0.2) is 9.59 Å². The monoisotopic (exact) mass is 328 g/mol. The van der Waals surface area contributed by atoms with Gasteiger partial charge in [-0.1, -0.05) is 11.6 Å². The van der Waals surface area contributed by atoms with Gasteiger partial charge in [0.1, 0.15) is 11.3 Å². The van der Waals surface area contributed by atoms with Crippen LogP contribution in [0.2, 0.25) is 5.02 Å². The van der Waals surface area contributed by atoms with E-state index in [0.29, 0.717) is 27.5 Å². The highest BCUT2D eigenvalue weighted by molar-refractivity contribution is 6.30. The van der Waals surface area contributed by atoms with Crippen molar-refractivity contribution in [3.05, 3.63) is 74.6 Å². The topological polar surface area (TPSA) is 56.5 Å². The van der Waals surface area contributed by atoms with Crippen molar-refractivity contribution in [1.29, 1.82) is 0 Å². The van der Waals surface area contributed by atoms with Gasteiger partial charge in [0.2, 0.25) is 0 Å². The van der Waals surface area contributed by atoms with Crippen LogP contribution >= 0.6 is 11.6 Å². The summed E-state index contributed by atoms with van der Waals surface area (Å²) < 4.78 is 10.7. The van der Waals surface area contributed by atoms with E-state index in [0.717, 1.165) is 10.9 Å². The lowest BCUT2D eigenvalue weighted by molar-refractivity contribution is 0.0733. The Morgan fingerprint density at radius 3 is 2.48 bits per heavy atom. The highest BCUT2D eigenvalue weighted by Crippen LogP contribution is 2.28. The van der Waals surface area contributed by atoms with Gasteiger partial charge in [0.25, 0.3) is 0 Å². The molecule has 0 fully saturated rings. The van der Waals surface area contributed by atoms with Crippen molar-refractivity contribution in [3.63, 3.8) is 0 Å². The van der Waals surface area contributed by atoms with Crippen molar-refractivity contribution in [3.8, 4) is 5.75 Å². The number of benzene rings is 2. The summed E-state index contributed by atoms with van der Waals surface area (Å²) >= 11 is 5.80. The smallest absolute Gasteiger partial charge is 0.343 e. The van der Waals surface area contributed by atoms with Gasteiger partial charge in [0, 0.05) is 22.0 Å². The van der Waals surface area contributed by atoms with Crippen LogP contribution < -0.4 is 10.4 Å². The first-order valence-corrected chi connectivity index (χ1v) is 7.35. The van der Waals surface area contributed by atoms with Gasteiger partial charge >= 0.3 is 11.6 Å². The normalized spacial score (nSPS) is 10.7. The van der Waals surface area contributed by atoms with Crippen molar-refractivity contribution in [1.82, 2.24) is 0 Å². The predicted octanol–water partition coefficient (Wildman–Crippen LogP) is 4.28. The van der Waals surface area contributed by atoms with E-state index < -0.39 is 11.6 Å². The fraction of sp³-hybridized carbons (Fsp3) is 0.111. The van der Waals surface area contributed by atoms with E-state index in [4.69, 9.17) is 20.8 Å². The summed E-state index contributed by atoms with van der Waals surface area (Å²) in [5, 5.41) is 1.36. The third kappa shape index (κ3) is 2.98. The molecule has 23 heavy (non-hydrogen) atoms. The molecule has 0 N–H and O–H groups in total. The van der Waals surface area contributed by atoms with Crippen molar-refractivity contribution in [2.45, 2.75) is 13.8 Å². The van der Waals surface area contributed by atoms with Crippen LogP contribution in [0, 0.1) is 13.8 Å². The number of carbonyl (C=O) groups excluding carboxylic acids is 1. The van der Waals surface area contributed by atoms with Crippen molar-refractivity contribution in [2.24, 2.45) is 0 Å². The minimum atomic E-state index is -0.501. The summed E-state index contributed by atoms with van der Waals surface area (Å²) in [7, 11) is 0. The first-order valence-electron chi connectivity index (χ1n) is 6.97. The van der Waals surface area contributed by atoms with Crippen LogP contribution in [0.1, 0.15) is 21.5 Å². The molecule has 2 aromatic carbocycles. The van der Waals surface area contributed by atoms with Crippen molar-refractivity contribution in [2.75, 3.05) is 0 Å². The molecule has 4 nitrogen and oxygen atoms in total. The van der Waals surface area contributed by atoms with E-state index in [2.05, 4.69) is 0 Å². The average molecular weight is 329 g/mol. The quantitative estimate of drug-likeness (QED) is 0.400. The second kappa shape index (κ2) is 5.89. The lowest BCUT2D eigenvalue weighted by Crippen LogP contribution is -2.09. The Morgan fingerprint density at radius 1 is 1.09 bits per heavy atom. The number of carbonyl (C=O) groups is 1. The molecule has 3 rings (SSSR count). The summed E-state index contributed by atoms with van der Waals surface area (Å²) in [6.45, 7) is 3.58. The summed E-state index contributed by atoms with van der Waals surface area (Å²) in [4.78, 5) is 23.7. The van der Waals surface area contributed by atoms with Gasteiger partial charge in [-0.15, -0.1) is 0 Å². The van der Waals surface area contributed by atoms with E-state index in [1.165, 1.54) is 6.07 Å². The molecule has 0 unspecified atom stereocenters. The molecule has 0 saturated heterocycles. The van der Waals surface area contributed by atoms with Crippen LogP contribution in [0.3, 0.4) is 0 Å². The molecule has 0 aliphatic heterocycles. The zero-order chi connectivity index (χ0) is 16.6. The third-order valence-corrected chi connectivity index (χ3v) is 3.85. The first kappa shape index (κ1) is 15.3. The highest BCUT2D eigenvalue weighted by Gasteiger charge is 2.14. The molecule has 0 aliphatic rings. The average Bonchev–Trinajstić information content (AvgIpc) is 2.51. The van der Waals surface area contributed by atoms with E-state index in [9.17, 15) is 9.59 Å². The van der Waals surface area contributed by atoms with Gasteiger partial charge in [-0.3, -0.25) is 0 Å². The second-order valence-corrected chi connectivity index (χ2v) is 5.65. The molecule has 5 heteroatoms. The van der Waals surface area contributed by atoms with E-state index in [-0.39, 0.29) is 0 Å². The Labute approximate surface area is 137 Å². The second-order valence-electron chi connectivity index (χ2n) is 5.21. The summed E-state index contributed by atoms with van der Waals surface area (Å²) in [5.41, 5.74) is 1.80. The maximum absolute atomic E-state index is 12.2.